The summed E-state index contributed by atoms with van der Waals surface area (Å²) in [4.78, 5) is 10.7. The van der Waals surface area contributed by atoms with Crippen molar-refractivity contribution >= 4 is 5.97 Å². The normalized spacial score (nSPS) is 19.1. The molecule has 76 valence electrons. The monoisotopic (exact) mass is 201 g/mol. The summed E-state index contributed by atoms with van der Waals surface area (Å²) in [5.74, 6) is 0.417. The standard InChI is InChI=1S/C9H13N3O2.Li/c1-2-7-10-11-8-4-3-6(9(13)14)5-12(7)8;/h6H,2-5H2,1H3,(H,13,14);/q;+1/p-1. The molecule has 5 nitrogen and oxygen atoms in total. The van der Waals surface area contributed by atoms with E-state index in [1.807, 2.05) is 11.5 Å². The quantitative estimate of drug-likeness (QED) is 0.459. The summed E-state index contributed by atoms with van der Waals surface area (Å²) in [5, 5.41) is 18.8. The largest absolute Gasteiger partial charge is 1.00 e. The van der Waals surface area contributed by atoms with E-state index in [2.05, 4.69) is 10.2 Å². The molecule has 1 aliphatic rings. The summed E-state index contributed by atoms with van der Waals surface area (Å²) in [6.45, 7) is 2.45. The van der Waals surface area contributed by atoms with Gasteiger partial charge >= 0.3 is 18.9 Å². The van der Waals surface area contributed by atoms with Gasteiger partial charge in [0.25, 0.3) is 0 Å². The number of carbonyl (C=O) groups is 1. The smallest absolute Gasteiger partial charge is 0.550 e. The van der Waals surface area contributed by atoms with Crippen LogP contribution in [-0.4, -0.2) is 20.7 Å². The van der Waals surface area contributed by atoms with Crippen molar-refractivity contribution in [1.29, 1.82) is 0 Å². The minimum Gasteiger partial charge on any atom is -0.550 e. The van der Waals surface area contributed by atoms with Crippen molar-refractivity contribution in [2.75, 3.05) is 0 Å². The summed E-state index contributed by atoms with van der Waals surface area (Å²) in [7, 11) is 0. The molecule has 0 aromatic carbocycles. The Morgan fingerprint density at radius 3 is 2.93 bits per heavy atom. The minimum atomic E-state index is -0.966. The number of aromatic nitrogens is 3. The first-order valence-electron chi connectivity index (χ1n) is 4.84. The van der Waals surface area contributed by atoms with Crippen molar-refractivity contribution in [3.63, 3.8) is 0 Å². The molecule has 1 unspecified atom stereocenters. The van der Waals surface area contributed by atoms with E-state index >= 15 is 0 Å². The molecular weight excluding hydrogens is 189 g/mol. The van der Waals surface area contributed by atoms with Gasteiger partial charge in [-0.3, -0.25) is 0 Å². The van der Waals surface area contributed by atoms with E-state index in [1.165, 1.54) is 0 Å². The van der Waals surface area contributed by atoms with Crippen LogP contribution in [0.2, 0.25) is 0 Å². The zero-order valence-corrected chi connectivity index (χ0v) is 9.06. The fraction of sp³-hybridized carbons (Fsp3) is 0.667. The van der Waals surface area contributed by atoms with E-state index < -0.39 is 5.97 Å². The SMILES string of the molecule is CCc1nnc2n1CC(C(=O)[O-])CC2.[Li+]. The number of aryl methyl sites for hydroxylation is 2. The number of carboxylic acids is 1. The van der Waals surface area contributed by atoms with E-state index in [9.17, 15) is 9.90 Å². The molecule has 1 aromatic heterocycles. The van der Waals surface area contributed by atoms with Crippen LogP contribution in [0.5, 0.6) is 0 Å². The summed E-state index contributed by atoms with van der Waals surface area (Å²) in [5.41, 5.74) is 0. The van der Waals surface area contributed by atoms with E-state index in [-0.39, 0.29) is 24.8 Å². The second-order valence-electron chi connectivity index (χ2n) is 3.55. The van der Waals surface area contributed by atoms with Gasteiger partial charge in [0.2, 0.25) is 0 Å². The number of fused-ring (bicyclic) bond motifs is 1. The van der Waals surface area contributed by atoms with Crippen LogP contribution in [0, 0.1) is 5.92 Å². The molecule has 6 heteroatoms. The molecular formula is C9H12LiN3O2. The first-order valence-corrected chi connectivity index (χ1v) is 4.84. The molecule has 2 heterocycles. The molecule has 0 fully saturated rings. The number of carbonyl (C=O) groups excluding carboxylic acids is 1. The molecule has 0 saturated carbocycles. The van der Waals surface area contributed by atoms with E-state index in [0.717, 1.165) is 18.1 Å². The van der Waals surface area contributed by atoms with Gasteiger partial charge in [-0.2, -0.15) is 0 Å². The molecule has 1 aliphatic heterocycles. The third-order valence-electron chi connectivity index (χ3n) is 2.67. The summed E-state index contributed by atoms with van der Waals surface area (Å²) < 4.78 is 1.91. The summed E-state index contributed by atoms with van der Waals surface area (Å²) in [6.07, 6.45) is 2.09. The molecule has 15 heavy (non-hydrogen) atoms. The van der Waals surface area contributed by atoms with Crippen LogP contribution in [-0.2, 0) is 24.2 Å². The maximum Gasteiger partial charge on any atom is 1.00 e. The van der Waals surface area contributed by atoms with Crippen molar-refractivity contribution in [3.8, 4) is 0 Å². The van der Waals surface area contributed by atoms with Gasteiger partial charge in [-0.15, -0.1) is 10.2 Å². The summed E-state index contributed by atoms with van der Waals surface area (Å²) >= 11 is 0. The Hall–Kier alpha value is -0.793. The minimum absolute atomic E-state index is 0. The molecule has 0 aliphatic carbocycles. The van der Waals surface area contributed by atoms with Crippen LogP contribution in [0.15, 0.2) is 0 Å². The molecule has 2 rings (SSSR count). The maximum atomic E-state index is 10.7. The molecule has 0 amide bonds. The number of hydrogen-bond acceptors (Lipinski definition) is 4. The van der Waals surface area contributed by atoms with Crippen LogP contribution in [0.3, 0.4) is 0 Å². The third kappa shape index (κ3) is 2.24. The number of aliphatic carboxylic acids is 1. The Kier molecular flexibility index (Phi) is 3.95. The fourth-order valence-electron chi connectivity index (χ4n) is 1.84. The zero-order valence-electron chi connectivity index (χ0n) is 9.06. The van der Waals surface area contributed by atoms with Gasteiger partial charge in [0, 0.05) is 31.3 Å². The average Bonchev–Trinajstić information content (AvgIpc) is 2.59. The van der Waals surface area contributed by atoms with E-state index in [0.29, 0.717) is 19.4 Å². The van der Waals surface area contributed by atoms with Crippen LogP contribution < -0.4 is 24.0 Å². The molecule has 1 atom stereocenters. The van der Waals surface area contributed by atoms with Crippen molar-refractivity contribution in [1.82, 2.24) is 14.8 Å². The number of rotatable bonds is 2. The van der Waals surface area contributed by atoms with E-state index in [1.54, 1.807) is 0 Å². The second-order valence-corrected chi connectivity index (χ2v) is 3.55. The molecule has 0 N–H and O–H groups in total. The predicted octanol–water partition coefficient (Wildman–Crippen LogP) is -3.84. The summed E-state index contributed by atoms with van der Waals surface area (Å²) in [6, 6.07) is 0. The van der Waals surface area contributed by atoms with Crippen LogP contribution >= 0.6 is 0 Å². The van der Waals surface area contributed by atoms with Gasteiger partial charge in [-0.1, -0.05) is 6.92 Å². The Morgan fingerprint density at radius 2 is 2.33 bits per heavy atom. The van der Waals surface area contributed by atoms with Crippen LogP contribution in [0.4, 0.5) is 0 Å². The molecule has 1 aromatic rings. The maximum absolute atomic E-state index is 10.7. The van der Waals surface area contributed by atoms with Gasteiger partial charge in [-0.25, -0.2) is 0 Å². The topological polar surface area (TPSA) is 70.8 Å². The number of carboxylic acid groups (broad SMARTS) is 1. The Morgan fingerprint density at radius 1 is 1.60 bits per heavy atom. The van der Waals surface area contributed by atoms with Crippen LogP contribution in [0.25, 0.3) is 0 Å². The zero-order chi connectivity index (χ0) is 10.1. The van der Waals surface area contributed by atoms with Crippen molar-refractivity contribution in [2.24, 2.45) is 5.92 Å². The number of nitrogens with zero attached hydrogens (tertiary/aromatic N) is 3. The van der Waals surface area contributed by atoms with Crippen molar-refractivity contribution in [3.05, 3.63) is 11.6 Å². The second kappa shape index (κ2) is 4.82. The van der Waals surface area contributed by atoms with Gasteiger partial charge in [0.05, 0.1) is 0 Å². The Bertz CT molecular complexity index is 351. The van der Waals surface area contributed by atoms with Crippen LogP contribution in [0.1, 0.15) is 25.0 Å². The van der Waals surface area contributed by atoms with Gasteiger partial charge in [-0.05, 0) is 6.42 Å². The van der Waals surface area contributed by atoms with E-state index in [4.69, 9.17) is 0 Å². The van der Waals surface area contributed by atoms with Gasteiger partial charge < -0.3 is 14.5 Å². The fourth-order valence-corrected chi connectivity index (χ4v) is 1.84. The average molecular weight is 201 g/mol. The molecule has 0 spiro atoms. The van der Waals surface area contributed by atoms with Crippen molar-refractivity contribution in [2.45, 2.75) is 32.7 Å². The van der Waals surface area contributed by atoms with Crippen molar-refractivity contribution < 1.29 is 28.8 Å². The third-order valence-corrected chi connectivity index (χ3v) is 2.67. The first kappa shape index (κ1) is 12.3. The Labute approximate surface area is 100 Å². The number of hydrogen-bond donors (Lipinski definition) is 0. The molecule has 0 saturated heterocycles. The Balaban J connectivity index is 0.00000112. The first-order chi connectivity index (χ1) is 6.72. The predicted molar refractivity (Wildman–Crippen MR) is 46.2 cm³/mol. The van der Waals surface area contributed by atoms with Gasteiger partial charge in [0.15, 0.2) is 0 Å². The molecule has 0 bridgehead atoms. The molecule has 0 radical (unpaired) electrons. The van der Waals surface area contributed by atoms with Gasteiger partial charge in [0.1, 0.15) is 11.6 Å².